The Labute approximate surface area is 130 Å². The lowest BCUT2D eigenvalue weighted by molar-refractivity contribution is -0.118. The van der Waals surface area contributed by atoms with Crippen LogP contribution in [-0.2, 0) is 14.3 Å². The third-order valence-electron chi connectivity index (χ3n) is 3.55. The number of morpholine rings is 1. The van der Waals surface area contributed by atoms with Gasteiger partial charge in [0.05, 0.1) is 37.3 Å². The zero-order valence-corrected chi connectivity index (χ0v) is 13.2. The molecule has 120 valence electrons. The SMILES string of the molecule is COC(=O)c1ccc(N2CCOCC2)c(NC(=O)C(C)C)c1. The summed E-state index contributed by atoms with van der Waals surface area (Å²) in [6.07, 6.45) is 0. The van der Waals surface area contributed by atoms with Crippen molar-refractivity contribution in [1.82, 2.24) is 0 Å². The molecule has 22 heavy (non-hydrogen) atoms. The van der Waals surface area contributed by atoms with Gasteiger partial charge in [-0.2, -0.15) is 0 Å². The van der Waals surface area contributed by atoms with Gasteiger partial charge in [0.2, 0.25) is 5.91 Å². The van der Waals surface area contributed by atoms with Crippen LogP contribution in [0, 0.1) is 5.92 Å². The van der Waals surface area contributed by atoms with Crippen molar-refractivity contribution in [1.29, 1.82) is 0 Å². The van der Waals surface area contributed by atoms with E-state index in [1.54, 1.807) is 12.1 Å². The first kappa shape index (κ1) is 16.3. The molecule has 1 fully saturated rings. The molecule has 1 N–H and O–H groups in total. The first-order chi connectivity index (χ1) is 10.5. The Bertz CT molecular complexity index is 551. The molecular weight excluding hydrogens is 284 g/mol. The maximum absolute atomic E-state index is 12.0. The number of carbonyl (C=O) groups excluding carboxylic acids is 2. The van der Waals surface area contributed by atoms with Gasteiger partial charge in [-0.3, -0.25) is 4.79 Å². The number of hydrogen-bond donors (Lipinski definition) is 1. The van der Waals surface area contributed by atoms with Crippen LogP contribution in [0.25, 0.3) is 0 Å². The van der Waals surface area contributed by atoms with Crippen molar-refractivity contribution in [3.63, 3.8) is 0 Å². The van der Waals surface area contributed by atoms with Crippen molar-refractivity contribution in [2.45, 2.75) is 13.8 Å². The van der Waals surface area contributed by atoms with E-state index in [2.05, 4.69) is 10.2 Å². The van der Waals surface area contributed by atoms with Gasteiger partial charge in [0.1, 0.15) is 0 Å². The van der Waals surface area contributed by atoms with Crippen molar-refractivity contribution < 1.29 is 19.1 Å². The van der Waals surface area contributed by atoms with E-state index >= 15 is 0 Å². The Hall–Kier alpha value is -2.08. The maximum atomic E-state index is 12.0. The molecule has 0 radical (unpaired) electrons. The molecule has 0 saturated carbocycles. The smallest absolute Gasteiger partial charge is 0.337 e. The monoisotopic (exact) mass is 306 g/mol. The Morgan fingerprint density at radius 2 is 1.95 bits per heavy atom. The molecule has 0 bridgehead atoms. The molecule has 6 heteroatoms. The number of anilines is 2. The number of nitrogens with zero attached hydrogens (tertiary/aromatic N) is 1. The number of methoxy groups -OCH3 is 1. The fourth-order valence-corrected chi connectivity index (χ4v) is 2.24. The van der Waals surface area contributed by atoms with Gasteiger partial charge in [-0.25, -0.2) is 4.79 Å². The minimum Gasteiger partial charge on any atom is -0.465 e. The molecule has 0 aromatic heterocycles. The summed E-state index contributed by atoms with van der Waals surface area (Å²) >= 11 is 0. The largest absolute Gasteiger partial charge is 0.465 e. The van der Waals surface area contributed by atoms with E-state index in [9.17, 15) is 9.59 Å². The Morgan fingerprint density at radius 3 is 2.55 bits per heavy atom. The number of benzene rings is 1. The minimum atomic E-state index is -0.423. The molecule has 1 heterocycles. The van der Waals surface area contributed by atoms with E-state index in [1.165, 1.54) is 7.11 Å². The van der Waals surface area contributed by atoms with E-state index in [0.29, 0.717) is 24.5 Å². The van der Waals surface area contributed by atoms with Crippen molar-refractivity contribution in [3.05, 3.63) is 23.8 Å². The standard InChI is InChI=1S/C16H22N2O4/c1-11(2)15(19)17-13-10-12(16(20)21-3)4-5-14(13)18-6-8-22-9-7-18/h4-5,10-11H,6-9H2,1-3H3,(H,17,19). The highest BCUT2D eigenvalue weighted by molar-refractivity contribution is 5.98. The van der Waals surface area contributed by atoms with Crippen LogP contribution in [0.1, 0.15) is 24.2 Å². The average Bonchev–Trinajstić information content (AvgIpc) is 2.54. The highest BCUT2D eigenvalue weighted by Crippen LogP contribution is 2.28. The molecule has 0 atom stereocenters. The van der Waals surface area contributed by atoms with Crippen LogP contribution in [0.4, 0.5) is 11.4 Å². The Morgan fingerprint density at radius 1 is 1.27 bits per heavy atom. The fraction of sp³-hybridized carbons (Fsp3) is 0.500. The molecular formula is C16H22N2O4. The van der Waals surface area contributed by atoms with Crippen LogP contribution < -0.4 is 10.2 Å². The second-order valence-electron chi connectivity index (χ2n) is 5.47. The third-order valence-corrected chi connectivity index (χ3v) is 3.55. The number of ether oxygens (including phenoxy) is 2. The summed E-state index contributed by atoms with van der Waals surface area (Å²) in [5.41, 5.74) is 1.94. The van der Waals surface area contributed by atoms with E-state index in [4.69, 9.17) is 9.47 Å². The average molecular weight is 306 g/mol. The topological polar surface area (TPSA) is 67.9 Å². The lowest BCUT2D eigenvalue weighted by atomic mass is 10.1. The van der Waals surface area contributed by atoms with Crippen LogP contribution in [0.3, 0.4) is 0 Å². The van der Waals surface area contributed by atoms with Crippen LogP contribution >= 0.6 is 0 Å². The second kappa shape index (κ2) is 7.26. The van der Waals surface area contributed by atoms with Gasteiger partial charge < -0.3 is 19.7 Å². The van der Waals surface area contributed by atoms with E-state index in [1.807, 2.05) is 19.9 Å². The van der Waals surface area contributed by atoms with E-state index < -0.39 is 5.97 Å². The summed E-state index contributed by atoms with van der Waals surface area (Å²) in [4.78, 5) is 25.9. The van der Waals surface area contributed by atoms with Gasteiger partial charge in [0.15, 0.2) is 0 Å². The van der Waals surface area contributed by atoms with Crippen LogP contribution in [-0.4, -0.2) is 45.3 Å². The molecule has 1 aromatic carbocycles. The molecule has 1 aliphatic heterocycles. The molecule has 0 spiro atoms. The third kappa shape index (κ3) is 3.76. The lowest BCUT2D eigenvalue weighted by Crippen LogP contribution is -2.37. The summed E-state index contributed by atoms with van der Waals surface area (Å²) < 4.78 is 10.1. The molecule has 1 aliphatic rings. The molecule has 0 aliphatic carbocycles. The fourth-order valence-electron chi connectivity index (χ4n) is 2.24. The van der Waals surface area contributed by atoms with Crippen LogP contribution in [0.2, 0.25) is 0 Å². The van der Waals surface area contributed by atoms with Gasteiger partial charge >= 0.3 is 5.97 Å². The minimum absolute atomic E-state index is 0.0866. The Kier molecular flexibility index (Phi) is 5.38. The van der Waals surface area contributed by atoms with E-state index in [-0.39, 0.29) is 11.8 Å². The van der Waals surface area contributed by atoms with Crippen molar-refractivity contribution in [3.8, 4) is 0 Å². The Balaban J connectivity index is 2.33. The number of amides is 1. The molecule has 6 nitrogen and oxygen atoms in total. The second-order valence-corrected chi connectivity index (χ2v) is 5.47. The number of hydrogen-bond acceptors (Lipinski definition) is 5. The quantitative estimate of drug-likeness (QED) is 0.861. The number of carbonyl (C=O) groups is 2. The molecule has 0 unspecified atom stereocenters. The van der Waals surface area contributed by atoms with Gasteiger partial charge in [-0.05, 0) is 18.2 Å². The summed E-state index contributed by atoms with van der Waals surface area (Å²) in [5, 5.41) is 2.90. The molecule has 1 aromatic rings. The van der Waals surface area contributed by atoms with Crippen LogP contribution in [0.15, 0.2) is 18.2 Å². The van der Waals surface area contributed by atoms with Gasteiger partial charge in [0, 0.05) is 19.0 Å². The van der Waals surface area contributed by atoms with Gasteiger partial charge in [0.25, 0.3) is 0 Å². The number of rotatable bonds is 4. The normalized spacial score (nSPS) is 14.8. The predicted molar refractivity (Wildman–Crippen MR) is 84.3 cm³/mol. The molecule has 2 rings (SSSR count). The lowest BCUT2D eigenvalue weighted by Gasteiger charge is -2.31. The summed E-state index contributed by atoms with van der Waals surface area (Å²) in [7, 11) is 1.34. The number of nitrogens with one attached hydrogen (secondary N) is 1. The highest BCUT2D eigenvalue weighted by Gasteiger charge is 2.19. The zero-order valence-electron chi connectivity index (χ0n) is 13.2. The van der Waals surface area contributed by atoms with Crippen molar-refractivity contribution in [2.75, 3.05) is 43.6 Å². The van der Waals surface area contributed by atoms with Gasteiger partial charge in [-0.1, -0.05) is 13.8 Å². The summed E-state index contributed by atoms with van der Waals surface area (Å²) in [6, 6.07) is 5.21. The predicted octanol–water partition coefficient (Wildman–Crippen LogP) is 1.90. The molecule has 1 saturated heterocycles. The first-order valence-corrected chi connectivity index (χ1v) is 7.39. The molecule has 1 amide bonds. The maximum Gasteiger partial charge on any atom is 0.337 e. The summed E-state index contributed by atoms with van der Waals surface area (Å²) in [5.74, 6) is -0.649. The van der Waals surface area contributed by atoms with Gasteiger partial charge in [-0.15, -0.1) is 0 Å². The van der Waals surface area contributed by atoms with Crippen molar-refractivity contribution in [2.24, 2.45) is 5.92 Å². The summed E-state index contributed by atoms with van der Waals surface area (Å²) in [6.45, 7) is 6.46. The first-order valence-electron chi connectivity index (χ1n) is 7.39. The zero-order chi connectivity index (χ0) is 16.1. The highest BCUT2D eigenvalue weighted by atomic mass is 16.5. The number of esters is 1. The van der Waals surface area contributed by atoms with E-state index in [0.717, 1.165) is 18.8 Å². The van der Waals surface area contributed by atoms with Crippen LogP contribution in [0.5, 0.6) is 0 Å². The van der Waals surface area contributed by atoms with Crippen molar-refractivity contribution >= 4 is 23.3 Å².